The molecule has 2 heterocycles. The molecule has 5 nitrogen and oxygen atoms in total. The van der Waals surface area contributed by atoms with Crippen molar-refractivity contribution in [3.8, 4) is 11.8 Å². The Labute approximate surface area is 191 Å². The number of amides is 1. The fraction of sp³-hybridized carbons (Fsp3) is 0.391. The second-order valence-corrected chi connectivity index (χ2v) is 8.73. The summed E-state index contributed by atoms with van der Waals surface area (Å²) in [5, 5.41) is 12.1. The molecule has 2 aliphatic heterocycles. The number of hydrogen-bond acceptors (Lipinski definition) is 4. The molecular weight excluding hydrogens is 466 g/mol. The van der Waals surface area contributed by atoms with Gasteiger partial charge in [-0.05, 0) is 61.9 Å². The molecule has 1 N–H and O–H groups in total. The van der Waals surface area contributed by atoms with Crippen LogP contribution in [0.1, 0.15) is 36.3 Å². The van der Waals surface area contributed by atoms with Crippen LogP contribution in [0, 0.1) is 17.2 Å². The molecule has 7 heteroatoms. The standard InChI is InChI=1S/C23H24BrN3O2.ClH/c24-18-5-7-19(8-6-18)26-23(28)3-1-2-10-27-13-17-15-29-22-9-4-16(12-25)11-20(22)21(17)14-27;/h4-9,11,17,21H,1-3,10,13-15H2,(H,26,28);1H. The third kappa shape index (κ3) is 5.34. The van der Waals surface area contributed by atoms with Crippen molar-refractivity contribution in [1.29, 1.82) is 5.26 Å². The number of nitrogens with zero attached hydrogens (tertiary/aromatic N) is 2. The van der Waals surface area contributed by atoms with E-state index in [1.807, 2.05) is 42.5 Å². The van der Waals surface area contributed by atoms with E-state index < -0.39 is 0 Å². The number of halogens is 2. The van der Waals surface area contributed by atoms with E-state index in [1.165, 1.54) is 5.56 Å². The van der Waals surface area contributed by atoms with Crippen LogP contribution in [0.5, 0.6) is 5.75 Å². The van der Waals surface area contributed by atoms with Crippen molar-refractivity contribution >= 4 is 39.9 Å². The van der Waals surface area contributed by atoms with E-state index in [2.05, 4.69) is 32.2 Å². The number of nitrogens with one attached hydrogen (secondary N) is 1. The Balaban J connectivity index is 0.00000256. The highest BCUT2D eigenvalue weighted by Gasteiger charge is 2.38. The van der Waals surface area contributed by atoms with Gasteiger partial charge in [0.15, 0.2) is 0 Å². The van der Waals surface area contributed by atoms with Gasteiger partial charge in [-0.3, -0.25) is 4.79 Å². The zero-order chi connectivity index (χ0) is 20.2. The fourth-order valence-corrected chi connectivity index (χ4v) is 4.54. The van der Waals surface area contributed by atoms with E-state index in [0.29, 0.717) is 23.8 Å². The van der Waals surface area contributed by atoms with Crippen molar-refractivity contribution in [1.82, 2.24) is 4.90 Å². The Hall–Kier alpha value is -2.07. The molecule has 2 aliphatic rings. The molecule has 1 fully saturated rings. The smallest absolute Gasteiger partial charge is 0.224 e. The molecule has 1 amide bonds. The van der Waals surface area contributed by atoms with Gasteiger partial charge in [-0.15, -0.1) is 12.4 Å². The van der Waals surface area contributed by atoms with Gasteiger partial charge in [0.1, 0.15) is 5.75 Å². The zero-order valence-corrected chi connectivity index (χ0v) is 19.0. The van der Waals surface area contributed by atoms with Crippen LogP contribution in [0.15, 0.2) is 46.9 Å². The van der Waals surface area contributed by atoms with Gasteiger partial charge in [-0.1, -0.05) is 15.9 Å². The van der Waals surface area contributed by atoms with Crippen LogP contribution in [0.25, 0.3) is 0 Å². The number of benzene rings is 2. The lowest BCUT2D eigenvalue weighted by atomic mass is 9.86. The Kier molecular flexibility index (Phi) is 7.76. The molecule has 158 valence electrons. The van der Waals surface area contributed by atoms with Gasteiger partial charge in [0.2, 0.25) is 5.91 Å². The molecule has 2 aromatic carbocycles. The summed E-state index contributed by atoms with van der Waals surface area (Å²) in [5.41, 5.74) is 2.71. The first-order valence-corrected chi connectivity index (χ1v) is 10.9. The second kappa shape index (κ2) is 10.3. The predicted molar refractivity (Wildman–Crippen MR) is 123 cm³/mol. The van der Waals surface area contributed by atoms with Gasteiger partial charge in [-0.2, -0.15) is 5.26 Å². The summed E-state index contributed by atoms with van der Waals surface area (Å²) in [7, 11) is 0. The van der Waals surface area contributed by atoms with Crippen molar-refractivity contribution in [2.24, 2.45) is 5.92 Å². The molecule has 0 radical (unpaired) electrons. The number of fused-ring (bicyclic) bond motifs is 3. The van der Waals surface area contributed by atoms with Crippen molar-refractivity contribution in [3.63, 3.8) is 0 Å². The molecule has 2 unspecified atom stereocenters. The van der Waals surface area contributed by atoms with Crippen LogP contribution >= 0.6 is 28.3 Å². The van der Waals surface area contributed by atoms with E-state index >= 15 is 0 Å². The van der Waals surface area contributed by atoms with Crippen LogP contribution in [0.3, 0.4) is 0 Å². The van der Waals surface area contributed by atoms with E-state index in [4.69, 9.17) is 4.74 Å². The minimum Gasteiger partial charge on any atom is -0.493 e. The lowest BCUT2D eigenvalue weighted by Crippen LogP contribution is -2.25. The normalized spacial score (nSPS) is 19.6. The van der Waals surface area contributed by atoms with Crippen LogP contribution in [0.2, 0.25) is 0 Å². The Morgan fingerprint density at radius 3 is 2.77 bits per heavy atom. The predicted octanol–water partition coefficient (Wildman–Crippen LogP) is 4.96. The van der Waals surface area contributed by atoms with Gasteiger partial charge in [-0.25, -0.2) is 0 Å². The van der Waals surface area contributed by atoms with E-state index in [0.717, 1.165) is 55.0 Å². The summed E-state index contributed by atoms with van der Waals surface area (Å²) in [6.07, 6.45) is 2.41. The maximum Gasteiger partial charge on any atom is 0.224 e. The zero-order valence-electron chi connectivity index (χ0n) is 16.6. The van der Waals surface area contributed by atoms with Crippen molar-refractivity contribution in [2.75, 3.05) is 31.6 Å². The van der Waals surface area contributed by atoms with Gasteiger partial charge < -0.3 is 15.0 Å². The van der Waals surface area contributed by atoms with Crippen molar-refractivity contribution in [3.05, 3.63) is 58.1 Å². The highest BCUT2D eigenvalue weighted by Crippen LogP contribution is 2.41. The average molecular weight is 491 g/mol. The summed E-state index contributed by atoms with van der Waals surface area (Å²) in [6.45, 7) is 3.76. The maximum atomic E-state index is 12.1. The molecular formula is C23H25BrClN3O2. The second-order valence-electron chi connectivity index (χ2n) is 7.81. The third-order valence-corrected chi connectivity index (χ3v) is 6.29. The molecule has 0 spiro atoms. The van der Waals surface area contributed by atoms with Crippen LogP contribution in [-0.4, -0.2) is 37.0 Å². The van der Waals surface area contributed by atoms with E-state index in [9.17, 15) is 10.1 Å². The largest absolute Gasteiger partial charge is 0.493 e. The first kappa shape index (κ1) is 22.6. The van der Waals surface area contributed by atoms with Crippen LogP contribution < -0.4 is 10.1 Å². The minimum atomic E-state index is 0. The summed E-state index contributed by atoms with van der Waals surface area (Å²) in [5.74, 6) is 1.91. The SMILES string of the molecule is Cl.N#Cc1ccc2c(c1)C1CN(CCCCC(=O)Nc3ccc(Br)cc3)CC1CO2. The molecule has 30 heavy (non-hydrogen) atoms. The molecule has 1 saturated heterocycles. The van der Waals surface area contributed by atoms with Crippen LogP contribution in [0.4, 0.5) is 5.69 Å². The summed E-state index contributed by atoms with van der Waals surface area (Å²) < 4.78 is 6.91. The van der Waals surface area contributed by atoms with Crippen LogP contribution in [-0.2, 0) is 4.79 Å². The number of anilines is 1. The number of rotatable bonds is 6. The number of nitriles is 1. The quantitative estimate of drug-likeness (QED) is 0.581. The van der Waals surface area contributed by atoms with Crippen molar-refractivity contribution in [2.45, 2.75) is 25.2 Å². The molecule has 0 bridgehead atoms. The Bertz CT molecular complexity index is 929. The molecule has 0 aromatic heterocycles. The first-order chi connectivity index (χ1) is 14.1. The highest BCUT2D eigenvalue weighted by atomic mass is 79.9. The number of likely N-dealkylation sites (tertiary alicyclic amines) is 1. The molecule has 2 atom stereocenters. The van der Waals surface area contributed by atoms with E-state index in [1.54, 1.807) is 0 Å². The maximum absolute atomic E-state index is 12.1. The van der Waals surface area contributed by atoms with Gasteiger partial charge in [0, 0.05) is 47.1 Å². The number of hydrogen-bond donors (Lipinski definition) is 1. The molecule has 4 rings (SSSR count). The number of ether oxygens (including phenoxy) is 1. The minimum absolute atomic E-state index is 0. The molecule has 0 saturated carbocycles. The lowest BCUT2D eigenvalue weighted by molar-refractivity contribution is -0.116. The van der Waals surface area contributed by atoms with Gasteiger partial charge in [0.25, 0.3) is 0 Å². The fourth-order valence-electron chi connectivity index (χ4n) is 4.28. The number of carbonyl (C=O) groups is 1. The summed E-state index contributed by atoms with van der Waals surface area (Å²) in [6, 6.07) is 15.6. The average Bonchev–Trinajstić information content (AvgIpc) is 3.16. The van der Waals surface area contributed by atoms with Crippen molar-refractivity contribution < 1.29 is 9.53 Å². The third-order valence-electron chi connectivity index (χ3n) is 5.76. The summed E-state index contributed by atoms with van der Waals surface area (Å²) in [4.78, 5) is 14.6. The summed E-state index contributed by atoms with van der Waals surface area (Å²) >= 11 is 3.39. The molecule has 2 aromatic rings. The van der Waals surface area contributed by atoms with Gasteiger partial charge >= 0.3 is 0 Å². The Morgan fingerprint density at radius 1 is 1.20 bits per heavy atom. The number of carbonyl (C=O) groups excluding carboxylic acids is 1. The van der Waals surface area contributed by atoms with E-state index in [-0.39, 0.29) is 18.3 Å². The highest BCUT2D eigenvalue weighted by molar-refractivity contribution is 9.10. The molecule has 0 aliphatic carbocycles. The van der Waals surface area contributed by atoms with Gasteiger partial charge in [0.05, 0.1) is 18.2 Å². The monoisotopic (exact) mass is 489 g/mol. The Morgan fingerprint density at radius 2 is 2.00 bits per heavy atom. The lowest BCUT2D eigenvalue weighted by Gasteiger charge is -2.27. The number of unbranched alkanes of at least 4 members (excludes halogenated alkanes) is 1. The topological polar surface area (TPSA) is 65.4 Å². The first-order valence-electron chi connectivity index (χ1n) is 10.1.